The molecule has 0 aliphatic heterocycles. The Hall–Kier alpha value is -0.870. The van der Waals surface area contributed by atoms with Gasteiger partial charge in [-0.15, -0.1) is 0 Å². The van der Waals surface area contributed by atoms with E-state index in [0.717, 1.165) is 42.3 Å². The van der Waals surface area contributed by atoms with Crippen LogP contribution in [0, 0.1) is 0 Å². The molecule has 0 aliphatic rings. The predicted molar refractivity (Wildman–Crippen MR) is 74.4 cm³/mol. The highest BCUT2D eigenvalue weighted by molar-refractivity contribution is 7.80. The first-order valence-corrected chi connectivity index (χ1v) is 6.34. The summed E-state index contributed by atoms with van der Waals surface area (Å²) in [7, 11) is 5.47. The molecule has 0 bridgehead atoms. The fourth-order valence-electron chi connectivity index (χ4n) is 1.72. The van der Waals surface area contributed by atoms with Crippen molar-refractivity contribution in [1.29, 1.82) is 0 Å². The maximum Gasteiger partial charge on any atom is 0.123 e. The Labute approximate surface area is 109 Å². The van der Waals surface area contributed by atoms with E-state index in [1.165, 1.54) is 0 Å². The Morgan fingerprint density at radius 1 is 1.24 bits per heavy atom. The van der Waals surface area contributed by atoms with Gasteiger partial charge >= 0.3 is 0 Å². The molecule has 0 heterocycles. The maximum absolute atomic E-state index is 5.35. The van der Waals surface area contributed by atoms with E-state index in [9.17, 15) is 0 Å². The molecule has 0 amide bonds. The van der Waals surface area contributed by atoms with Crippen molar-refractivity contribution in [2.45, 2.75) is 13.0 Å². The Morgan fingerprint density at radius 2 is 2.00 bits per heavy atom. The summed E-state index contributed by atoms with van der Waals surface area (Å²) in [6.07, 6.45) is 1.09. The molecule has 17 heavy (non-hydrogen) atoms. The van der Waals surface area contributed by atoms with Crippen LogP contribution in [-0.4, -0.2) is 38.5 Å². The number of hydrogen-bond donors (Lipinski definition) is 1. The van der Waals surface area contributed by atoms with Gasteiger partial charge in [-0.1, -0.05) is 0 Å². The Balaban J connectivity index is 2.72. The molecular weight excluding hydrogens is 234 g/mol. The van der Waals surface area contributed by atoms with Gasteiger partial charge in [0.15, 0.2) is 0 Å². The normalized spacial score (nSPS) is 10.6. The molecule has 0 aromatic heterocycles. The van der Waals surface area contributed by atoms with E-state index < -0.39 is 0 Å². The number of rotatable bonds is 7. The highest BCUT2D eigenvalue weighted by atomic mass is 32.1. The van der Waals surface area contributed by atoms with Crippen LogP contribution in [-0.2, 0) is 6.54 Å². The standard InChI is InChI=1S/C13H21NO2S/c1-14(7-4-8-17)10-11-9-12(15-2)5-6-13(11)16-3/h5-6,9,17H,4,7-8,10H2,1-3H3. The van der Waals surface area contributed by atoms with Gasteiger partial charge in [-0.25, -0.2) is 0 Å². The number of benzene rings is 1. The molecule has 1 rings (SSSR count). The topological polar surface area (TPSA) is 21.7 Å². The molecule has 0 saturated heterocycles. The fourth-order valence-corrected chi connectivity index (χ4v) is 1.86. The summed E-state index contributed by atoms with van der Waals surface area (Å²) in [4.78, 5) is 2.26. The van der Waals surface area contributed by atoms with Crippen LogP contribution in [0.4, 0.5) is 0 Å². The van der Waals surface area contributed by atoms with Gasteiger partial charge in [0.05, 0.1) is 14.2 Å². The monoisotopic (exact) mass is 255 g/mol. The molecule has 0 atom stereocenters. The minimum absolute atomic E-state index is 0.855. The summed E-state index contributed by atoms with van der Waals surface area (Å²) < 4.78 is 10.6. The Morgan fingerprint density at radius 3 is 2.59 bits per heavy atom. The SMILES string of the molecule is COc1ccc(OC)c(CN(C)CCCS)c1. The van der Waals surface area contributed by atoms with E-state index in [1.54, 1.807) is 14.2 Å². The lowest BCUT2D eigenvalue weighted by Crippen LogP contribution is -2.19. The average molecular weight is 255 g/mol. The summed E-state index contributed by atoms with van der Waals surface area (Å²) in [5.74, 6) is 2.69. The van der Waals surface area contributed by atoms with Gasteiger partial charge in [0, 0.05) is 12.1 Å². The highest BCUT2D eigenvalue weighted by Gasteiger charge is 2.07. The number of ether oxygens (including phenoxy) is 2. The van der Waals surface area contributed by atoms with E-state index in [2.05, 4.69) is 24.6 Å². The zero-order valence-corrected chi connectivity index (χ0v) is 11.7. The Kier molecular flexibility index (Phi) is 6.22. The van der Waals surface area contributed by atoms with Crippen molar-refractivity contribution < 1.29 is 9.47 Å². The van der Waals surface area contributed by atoms with Crippen LogP contribution >= 0.6 is 12.6 Å². The van der Waals surface area contributed by atoms with Gasteiger partial charge in [0.1, 0.15) is 11.5 Å². The van der Waals surface area contributed by atoms with E-state index in [1.807, 2.05) is 18.2 Å². The van der Waals surface area contributed by atoms with E-state index in [-0.39, 0.29) is 0 Å². The lowest BCUT2D eigenvalue weighted by Gasteiger charge is -2.18. The molecule has 1 aromatic rings. The molecule has 0 spiro atoms. The second-order valence-corrected chi connectivity index (χ2v) is 4.44. The van der Waals surface area contributed by atoms with E-state index >= 15 is 0 Å². The van der Waals surface area contributed by atoms with Crippen molar-refractivity contribution in [3.05, 3.63) is 23.8 Å². The van der Waals surface area contributed by atoms with E-state index in [4.69, 9.17) is 9.47 Å². The molecule has 0 aliphatic carbocycles. The second-order valence-electron chi connectivity index (χ2n) is 3.99. The van der Waals surface area contributed by atoms with Gasteiger partial charge in [-0.05, 0) is 44.0 Å². The largest absolute Gasteiger partial charge is 0.497 e. The van der Waals surface area contributed by atoms with Crippen LogP contribution < -0.4 is 9.47 Å². The van der Waals surface area contributed by atoms with Crippen molar-refractivity contribution in [2.24, 2.45) is 0 Å². The van der Waals surface area contributed by atoms with Crippen molar-refractivity contribution in [3.8, 4) is 11.5 Å². The fraction of sp³-hybridized carbons (Fsp3) is 0.538. The zero-order chi connectivity index (χ0) is 12.7. The van der Waals surface area contributed by atoms with Crippen molar-refractivity contribution >= 4 is 12.6 Å². The van der Waals surface area contributed by atoms with Gasteiger partial charge < -0.3 is 14.4 Å². The molecule has 96 valence electrons. The summed E-state index contributed by atoms with van der Waals surface area (Å²) in [6, 6.07) is 5.88. The third kappa shape index (κ3) is 4.48. The molecule has 4 heteroatoms. The maximum atomic E-state index is 5.35. The van der Waals surface area contributed by atoms with Gasteiger partial charge in [-0.3, -0.25) is 0 Å². The molecule has 0 N–H and O–H groups in total. The predicted octanol–water partition coefficient (Wildman–Crippen LogP) is 2.46. The second kappa shape index (κ2) is 7.45. The first kappa shape index (κ1) is 14.2. The highest BCUT2D eigenvalue weighted by Crippen LogP contribution is 2.24. The molecule has 0 radical (unpaired) electrons. The van der Waals surface area contributed by atoms with Crippen LogP contribution in [0.3, 0.4) is 0 Å². The lowest BCUT2D eigenvalue weighted by atomic mass is 10.1. The minimum atomic E-state index is 0.855. The first-order chi connectivity index (χ1) is 8.21. The third-order valence-corrected chi connectivity index (χ3v) is 2.94. The zero-order valence-electron chi connectivity index (χ0n) is 10.8. The van der Waals surface area contributed by atoms with E-state index in [0.29, 0.717) is 0 Å². The number of thiol groups is 1. The molecule has 0 unspecified atom stereocenters. The van der Waals surface area contributed by atoms with Crippen LogP contribution in [0.1, 0.15) is 12.0 Å². The third-order valence-electron chi connectivity index (χ3n) is 2.63. The lowest BCUT2D eigenvalue weighted by molar-refractivity contribution is 0.317. The summed E-state index contributed by atoms with van der Waals surface area (Å²) in [6.45, 7) is 1.89. The Bertz CT molecular complexity index is 344. The van der Waals surface area contributed by atoms with Gasteiger partial charge in [0.2, 0.25) is 0 Å². The minimum Gasteiger partial charge on any atom is -0.497 e. The van der Waals surface area contributed by atoms with Crippen LogP contribution in [0.2, 0.25) is 0 Å². The van der Waals surface area contributed by atoms with Crippen LogP contribution in [0.15, 0.2) is 18.2 Å². The van der Waals surface area contributed by atoms with Crippen LogP contribution in [0.25, 0.3) is 0 Å². The summed E-state index contributed by atoms with van der Waals surface area (Å²) >= 11 is 4.22. The number of nitrogens with zero attached hydrogens (tertiary/aromatic N) is 1. The van der Waals surface area contributed by atoms with Gasteiger partial charge in [-0.2, -0.15) is 12.6 Å². The molecule has 0 fully saturated rings. The molecule has 0 saturated carbocycles. The number of hydrogen-bond acceptors (Lipinski definition) is 4. The quantitative estimate of drug-likeness (QED) is 0.756. The average Bonchev–Trinajstić information content (AvgIpc) is 2.36. The first-order valence-electron chi connectivity index (χ1n) is 5.71. The molecular formula is C13H21NO2S. The summed E-state index contributed by atoms with van der Waals surface area (Å²) in [5.41, 5.74) is 1.15. The summed E-state index contributed by atoms with van der Waals surface area (Å²) in [5, 5.41) is 0. The smallest absolute Gasteiger partial charge is 0.123 e. The van der Waals surface area contributed by atoms with Crippen molar-refractivity contribution in [2.75, 3.05) is 33.6 Å². The van der Waals surface area contributed by atoms with Crippen molar-refractivity contribution in [1.82, 2.24) is 4.90 Å². The van der Waals surface area contributed by atoms with Gasteiger partial charge in [0.25, 0.3) is 0 Å². The molecule has 3 nitrogen and oxygen atoms in total. The molecule has 1 aromatic carbocycles. The number of methoxy groups -OCH3 is 2. The van der Waals surface area contributed by atoms with Crippen molar-refractivity contribution in [3.63, 3.8) is 0 Å². The van der Waals surface area contributed by atoms with Crippen LogP contribution in [0.5, 0.6) is 11.5 Å².